The van der Waals surface area contributed by atoms with Crippen LogP contribution < -0.4 is 0 Å². The zero-order chi connectivity index (χ0) is 15.9. The Morgan fingerprint density at radius 2 is 2.00 bits per heavy atom. The van der Waals surface area contributed by atoms with Gasteiger partial charge in [0.25, 0.3) is 0 Å². The first kappa shape index (κ1) is 16.5. The summed E-state index contributed by atoms with van der Waals surface area (Å²) >= 11 is 11.3. The van der Waals surface area contributed by atoms with E-state index in [1.165, 1.54) is 0 Å². The highest BCUT2D eigenvalue weighted by Gasteiger charge is 2.41. The molecule has 1 aromatic rings. The van der Waals surface area contributed by atoms with Gasteiger partial charge in [-0.05, 0) is 18.1 Å². The molecular formula is C12H12Cl2FNO4S. The number of carboxylic acid groups (broad SMARTS) is 1. The van der Waals surface area contributed by atoms with Crippen molar-refractivity contribution < 1.29 is 22.7 Å². The van der Waals surface area contributed by atoms with Crippen molar-refractivity contribution in [3.8, 4) is 0 Å². The maximum absolute atomic E-state index is 13.6. The molecule has 0 bridgehead atoms. The largest absolute Gasteiger partial charge is 0.481 e. The van der Waals surface area contributed by atoms with Gasteiger partial charge < -0.3 is 5.11 Å². The number of benzene rings is 1. The van der Waals surface area contributed by atoms with Gasteiger partial charge in [0.2, 0.25) is 10.0 Å². The molecule has 0 aliphatic carbocycles. The maximum Gasteiger partial charge on any atom is 0.308 e. The van der Waals surface area contributed by atoms with E-state index in [2.05, 4.69) is 0 Å². The molecule has 5 nitrogen and oxygen atoms in total. The minimum atomic E-state index is -4.07. The van der Waals surface area contributed by atoms with E-state index in [1.807, 2.05) is 0 Å². The summed E-state index contributed by atoms with van der Waals surface area (Å²) < 4.78 is 39.6. The van der Waals surface area contributed by atoms with E-state index < -0.39 is 37.6 Å². The first-order valence-electron chi connectivity index (χ1n) is 6.02. The van der Waals surface area contributed by atoms with Crippen LogP contribution in [0.15, 0.2) is 17.0 Å². The summed E-state index contributed by atoms with van der Waals surface area (Å²) in [7, 11) is -4.07. The minimum absolute atomic E-state index is 0.0415. The second-order valence-electron chi connectivity index (χ2n) is 4.92. The van der Waals surface area contributed by atoms with Crippen LogP contribution in [0.1, 0.15) is 6.92 Å². The van der Waals surface area contributed by atoms with Crippen molar-refractivity contribution in [2.45, 2.75) is 11.8 Å². The molecule has 1 aromatic carbocycles. The summed E-state index contributed by atoms with van der Waals surface area (Å²) in [6.45, 7) is 1.53. The molecule has 21 heavy (non-hydrogen) atoms. The average molecular weight is 356 g/mol. The van der Waals surface area contributed by atoms with E-state index >= 15 is 0 Å². The SMILES string of the molecule is C[C@@H]1CN(S(=O)(=O)c2ccc(Cl)c(F)c2Cl)C[C@H]1C(=O)O. The summed E-state index contributed by atoms with van der Waals surface area (Å²) in [6.07, 6.45) is 0. The summed E-state index contributed by atoms with van der Waals surface area (Å²) in [5.74, 6) is -3.21. The van der Waals surface area contributed by atoms with Gasteiger partial charge in [-0.25, -0.2) is 12.8 Å². The van der Waals surface area contributed by atoms with E-state index in [1.54, 1.807) is 6.92 Å². The molecule has 0 saturated carbocycles. The minimum Gasteiger partial charge on any atom is -0.481 e. The first-order chi connectivity index (χ1) is 9.66. The van der Waals surface area contributed by atoms with Gasteiger partial charge >= 0.3 is 5.97 Å². The molecule has 1 aliphatic heterocycles. The van der Waals surface area contributed by atoms with E-state index in [0.29, 0.717) is 0 Å². The highest BCUT2D eigenvalue weighted by atomic mass is 35.5. The van der Waals surface area contributed by atoms with E-state index in [-0.39, 0.29) is 24.0 Å². The molecule has 0 radical (unpaired) electrons. The van der Waals surface area contributed by atoms with Gasteiger partial charge in [0.1, 0.15) is 4.90 Å². The van der Waals surface area contributed by atoms with Gasteiger partial charge in [-0.1, -0.05) is 30.1 Å². The number of carboxylic acids is 1. The zero-order valence-electron chi connectivity index (χ0n) is 10.9. The molecule has 1 fully saturated rings. The topological polar surface area (TPSA) is 74.7 Å². The molecule has 1 saturated heterocycles. The highest BCUT2D eigenvalue weighted by molar-refractivity contribution is 7.89. The Bertz CT molecular complexity index is 695. The van der Waals surface area contributed by atoms with Crippen LogP contribution in [0.5, 0.6) is 0 Å². The fraction of sp³-hybridized carbons (Fsp3) is 0.417. The summed E-state index contributed by atoms with van der Waals surface area (Å²) in [5, 5.41) is 8.18. The van der Waals surface area contributed by atoms with Crippen molar-refractivity contribution in [1.29, 1.82) is 0 Å². The predicted molar refractivity (Wildman–Crippen MR) is 75.5 cm³/mol. The number of halogens is 3. The van der Waals surface area contributed by atoms with Gasteiger partial charge in [0, 0.05) is 13.1 Å². The van der Waals surface area contributed by atoms with Crippen molar-refractivity contribution in [2.24, 2.45) is 11.8 Å². The number of hydrogen-bond acceptors (Lipinski definition) is 3. The molecule has 1 heterocycles. The third kappa shape index (κ3) is 2.88. The molecule has 0 spiro atoms. The van der Waals surface area contributed by atoms with Crippen molar-refractivity contribution >= 4 is 39.2 Å². The molecule has 2 atom stereocenters. The standard InChI is InChI=1S/C12H12Cl2FNO4S/c1-6-4-16(5-7(6)12(17)18)21(19,20)9-3-2-8(13)11(15)10(9)14/h2-3,6-7H,4-5H2,1H3,(H,17,18)/t6-,7-/m1/s1. The molecule has 0 unspecified atom stereocenters. The Kier molecular flexibility index (Phi) is 4.49. The second-order valence-corrected chi connectivity index (χ2v) is 7.61. The lowest BCUT2D eigenvalue weighted by Crippen LogP contribution is -2.30. The number of aliphatic carboxylic acids is 1. The van der Waals surface area contributed by atoms with Crippen LogP contribution in [0.2, 0.25) is 10.0 Å². The number of hydrogen-bond donors (Lipinski definition) is 1. The van der Waals surface area contributed by atoms with Gasteiger partial charge in [-0.3, -0.25) is 4.79 Å². The van der Waals surface area contributed by atoms with Crippen molar-refractivity contribution in [1.82, 2.24) is 4.31 Å². The molecular weight excluding hydrogens is 344 g/mol. The fourth-order valence-corrected chi connectivity index (χ4v) is 4.57. The Balaban J connectivity index is 2.41. The van der Waals surface area contributed by atoms with Crippen LogP contribution >= 0.6 is 23.2 Å². The normalized spacial score (nSPS) is 23.4. The Hall–Kier alpha value is -0.890. The smallest absolute Gasteiger partial charge is 0.308 e. The van der Waals surface area contributed by atoms with Gasteiger partial charge in [0.05, 0.1) is 16.0 Å². The monoisotopic (exact) mass is 355 g/mol. The van der Waals surface area contributed by atoms with Crippen LogP contribution in [0.4, 0.5) is 4.39 Å². The van der Waals surface area contributed by atoms with Crippen LogP contribution in [-0.2, 0) is 14.8 Å². The van der Waals surface area contributed by atoms with E-state index in [9.17, 15) is 17.6 Å². The number of nitrogens with zero attached hydrogens (tertiary/aromatic N) is 1. The molecule has 1 N–H and O–H groups in total. The number of rotatable bonds is 3. The van der Waals surface area contributed by atoms with E-state index in [4.69, 9.17) is 28.3 Å². The Labute approximate surface area is 131 Å². The van der Waals surface area contributed by atoms with Crippen molar-refractivity contribution in [3.63, 3.8) is 0 Å². The third-order valence-electron chi connectivity index (χ3n) is 3.51. The Morgan fingerprint density at radius 1 is 1.38 bits per heavy atom. The summed E-state index contributed by atoms with van der Waals surface area (Å²) in [6, 6.07) is 2.21. The predicted octanol–water partition coefficient (Wildman–Crippen LogP) is 2.47. The lowest BCUT2D eigenvalue weighted by atomic mass is 9.99. The highest BCUT2D eigenvalue weighted by Crippen LogP contribution is 2.34. The van der Waals surface area contributed by atoms with Crippen LogP contribution in [-0.4, -0.2) is 36.9 Å². The van der Waals surface area contributed by atoms with Gasteiger partial charge in [0.15, 0.2) is 5.82 Å². The average Bonchev–Trinajstić information content (AvgIpc) is 2.78. The van der Waals surface area contributed by atoms with Crippen LogP contribution in [0.25, 0.3) is 0 Å². The molecule has 0 amide bonds. The summed E-state index contributed by atoms with van der Waals surface area (Å²) in [4.78, 5) is 10.6. The zero-order valence-corrected chi connectivity index (χ0v) is 13.2. The quantitative estimate of drug-likeness (QED) is 0.845. The van der Waals surface area contributed by atoms with Crippen LogP contribution in [0, 0.1) is 17.7 Å². The second kappa shape index (κ2) is 5.72. The molecule has 2 rings (SSSR count). The number of carbonyl (C=O) groups is 1. The van der Waals surface area contributed by atoms with Crippen LogP contribution in [0.3, 0.4) is 0 Å². The van der Waals surface area contributed by atoms with Gasteiger partial charge in [-0.2, -0.15) is 4.31 Å². The van der Waals surface area contributed by atoms with E-state index in [0.717, 1.165) is 16.4 Å². The summed E-state index contributed by atoms with van der Waals surface area (Å²) in [5.41, 5.74) is 0. The third-order valence-corrected chi connectivity index (χ3v) is 6.16. The Morgan fingerprint density at radius 3 is 2.52 bits per heavy atom. The van der Waals surface area contributed by atoms with Crippen molar-refractivity contribution in [2.75, 3.05) is 13.1 Å². The first-order valence-corrected chi connectivity index (χ1v) is 8.22. The lowest BCUT2D eigenvalue weighted by molar-refractivity contribution is -0.142. The number of sulfonamides is 1. The molecule has 9 heteroatoms. The maximum atomic E-state index is 13.6. The molecule has 1 aliphatic rings. The molecule has 116 valence electrons. The lowest BCUT2D eigenvalue weighted by Gasteiger charge is -2.17. The van der Waals surface area contributed by atoms with Gasteiger partial charge in [-0.15, -0.1) is 0 Å². The van der Waals surface area contributed by atoms with Crippen molar-refractivity contribution in [3.05, 3.63) is 28.0 Å². The molecule has 0 aromatic heterocycles. The fourth-order valence-electron chi connectivity index (χ4n) is 2.29.